The largest absolute Gasteiger partial charge is 0.573 e. The molecule has 0 aliphatic rings. The van der Waals surface area contributed by atoms with E-state index in [1.165, 1.54) is 29.5 Å². The fraction of sp³-hybridized carbons (Fsp3) is 0.200. The summed E-state index contributed by atoms with van der Waals surface area (Å²) in [6.45, 7) is 1.78. The van der Waals surface area contributed by atoms with Gasteiger partial charge in [-0.05, 0) is 19.1 Å². The van der Waals surface area contributed by atoms with Crippen molar-refractivity contribution in [3.8, 4) is 5.75 Å². The summed E-state index contributed by atoms with van der Waals surface area (Å²) in [6, 6.07) is 5.53. The number of rotatable bonds is 3. The molecule has 4 nitrogen and oxygen atoms in total. The molecule has 0 spiro atoms. The minimum atomic E-state index is -4.70. The Balaban J connectivity index is 2.12. The van der Waals surface area contributed by atoms with Crippen LogP contribution in [0.1, 0.15) is 5.01 Å². The van der Waals surface area contributed by atoms with E-state index in [9.17, 15) is 13.2 Å². The number of nitrogens with one attached hydrogen (secondary N) is 1. The van der Waals surface area contributed by atoms with Crippen molar-refractivity contribution in [3.05, 3.63) is 29.3 Å². The third kappa shape index (κ3) is 3.59. The van der Waals surface area contributed by atoms with Crippen LogP contribution in [0, 0.1) is 6.92 Å². The Labute approximate surface area is 104 Å². The molecule has 18 heavy (non-hydrogen) atoms. The van der Waals surface area contributed by atoms with Crippen LogP contribution in [0.3, 0.4) is 0 Å². The number of hydrogen-bond donors (Lipinski definition) is 1. The number of benzene rings is 1. The number of ether oxygens (including phenoxy) is 1. The third-order valence-corrected chi connectivity index (χ3v) is 2.60. The van der Waals surface area contributed by atoms with E-state index in [4.69, 9.17) is 0 Å². The molecule has 0 saturated heterocycles. The fourth-order valence-corrected chi connectivity index (χ4v) is 1.85. The molecule has 1 aromatic heterocycles. The predicted octanol–water partition coefficient (Wildman–Crippen LogP) is 3.49. The second-order valence-electron chi connectivity index (χ2n) is 3.33. The van der Waals surface area contributed by atoms with E-state index < -0.39 is 6.36 Å². The average molecular weight is 275 g/mol. The predicted molar refractivity (Wildman–Crippen MR) is 61.1 cm³/mol. The van der Waals surface area contributed by atoms with Gasteiger partial charge in [0.1, 0.15) is 10.8 Å². The summed E-state index contributed by atoms with van der Waals surface area (Å²) in [7, 11) is 0. The molecule has 0 unspecified atom stereocenters. The average Bonchev–Trinajstić information content (AvgIpc) is 2.62. The van der Waals surface area contributed by atoms with Gasteiger partial charge in [0.2, 0.25) is 5.13 Å². The molecular weight excluding hydrogens is 267 g/mol. The summed E-state index contributed by atoms with van der Waals surface area (Å²) in [5.74, 6) is -0.284. The molecule has 0 aliphatic heterocycles. The molecular formula is C10H8F3N3OS. The minimum Gasteiger partial charge on any atom is -0.406 e. The number of anilines is 2. The van der Waals surface area contributed by atoms with Crippen LogP contribution in [0.25, 0.3) is 0 Å². The van der Waals surface area contributed by atoms with Gasteiger partial charge in [-0.25, -0.2) is 0 Å². The van der Waals surface area contributed by atoms with Gasteiger partial charge in [-0.15, -0.1) is 23.4 Å². The van der Waals surface area contributed by atoms with E-state index in [1.54, 1.807) is 13.0 Å². The standard InChI is InChI=1S/C10H8F3N3OS/c1-6-15-16-9(18-6)14-7-3-2-4-8(5-7)17-10(11,12)13/h2-5H,1H3,(H,14,16). The van der Waals surface area contributed by atoms with Crippen LogP contribution >= 0.6 is 11.3 Å². The molecule has 8 heteroatoms. The summed E-state index contributed by atoms with van der Waals surface area (Å²) in [5.41, 5.74) is 0.452. The van der Waals surface area contributed by atoms with Gasteiger partial charge in [0, 0.05) is 11.8 Å². The summed E-state index contributed by atoms with van der Waals surface area (Å²) in [6.07, 6.45) is -4.70. The Morgan fingerprint density at radius 1 is 1.28 bits per heavy atom. The van der Waals surface area contributed by atoms with Gasteiger partial charge in [-0.2, -0.15) is 0 Å². The van der Waals surface area contributed by atoms with Crippen molar-refractivity contribution in [2.24, 2.45) is 0 Å². The topological polar surface area (TPSA) is 47.0 Å². The van der Waals surface area contributed by atoms with Crippen LogP contribution in [-0.2, 0) is 0 Å². The lowest BCUT2D eigenvalue weighted by Gasteiger charge is -2.10. The van der Waals surface area contributed by atoms with Gasteiger partial charge in [-0.1, -0.05) is 17.4 Å². The molecule has 0 bridgehead atoms. The van der Waals surface area contributed by atoms with Gasteiger partial charge >= 0.3 is 6.36 Å². The Morgan fingerprint density at radius 3 is 2.67 bits per heavy atom. The first kappa shape index (κ1) is 12.6. The zero-order valence-electron chi connectivity index (χ0n) is 9.15. The summed E-state index contributed by atoms with van der Waals surface area (Å²) in [5, 5.41) is 11.7. The molecule has 1 aromatic carbocycles. The Morgan fingerprint density at radius 2 is 2.06 bits per heavy atom. The second kappa shape index (κ2) is 4.81. The van der Waals surface area contributed by atoms with Crippen molar-refractivity contribution >= 4 is 22.2 Å². The Hall–Kier alpha value is -1.83. The molecule has 0 aliphatic carbocycles. The summed E-state index contributed by atoms with van der Waals surface area (Å²) >= 11 is 1.31. The van der Waals surface area contributed by atoms with Crippen molar-refractivity contribution in [3.63, 3.8) is 0 Å². The van der Waals surface area contributed by atoms with Crippen molar-refractivity contribution in [2.45, 2.75) is 13.3 Å². The van der Waals surface area contributed by atoms with Gasteiger partial charge in [-0.3, -0.25) is 0 Å². The SMILES string of the molecule is Cc1nnc(Nc2cccc(OC(F)(F)F)c2)s1. The highest BCUT2D eigenvalue weighted by atomic mass is 32.1. The van der Waals surface area contributed by atoms with Crippen LogP contribution in [-0.4, -0.2) is 16.6 Å². The lowest BCUT2D eigenvalue weighted by atomic mass is 10.3. The maximum absolute atomic E-state index is 12.0. The highest BCUT2D eigenvalue weighted by Crippen LogP contribution is 2.27. The number of alkyl halides is 3. The second-order valence-corrected chi connectivity index (χ2v) is 4.51. The molecule has 0 amide bonds. The van der Waals surface area contributed by atoms with Crippen molar-refractivity contribution in [1.29, 1.82) is 0 Å². The third-order valence-electron chi connectivity index (χ3n) is 1.84. The first-order chi connectivity index (χ1) is 8.42. The Bertz CT molecular complexity index is 541. The normalized spacial score (nSPS) is 11.3. The van der Waals surface area contributed by atoms with Crippen LogP contribution < -0.4 is 10.1 Å². The van der Waals surface area contributed by atoms with Crippen LogP contribution in [0.5, 0.6) is 5.75 Å². The molecule has 1 N–H and O–H groups in total. The summed E-state index contributed by atoms with van der Waals surface area (Å²) < 4.78 is 39.9. The number of aromatic nitrogens is 2. The Kier molecular flexibility index (Phi) is 3.37. The number of aryl methyl sites for hydroxylation is 1. The van der Waals surface area contributed by atoms with E-state index >= 15 is 0 Å². The number of hydrogen-bond acceptors (Lipinski definition) is 5. The van der Waals surface area contributed by atoms with Gasteiger partial charge in [0.25, 0.3) is 0 Å². The molecule has 2 aromatic rings. The minimum absolute atomic E-state index is 0.284. The molecule has 0 radical (unpaired) electrons. The van der Waals surface area contributed by atoms with Crippen molar-refractivity contribution < 1.29 is 17.9 Å². The molecule has 96 valence electrons. The van der Waals surface area contributed by atoms with Crippen molar-refractivity contribution in [2.75, 3.05) is 5.32 Å². The van der Waals surface area contributed by atoms with E-state index in [2.05, 4.69) is 20.3 Å². The van der Waals surface area contributed by atoms with E-state index in [-0.39, 0.29) is 5.75 Å². The number of halogens is 3. The molecule has 0 atom stereocenters. The van der Waals surface area contributed by atoms with Crippen molar-refractivity contribution in [1.82, 2.24) is 10.2 Å². The monoisotopic (exact) mass is 275 g/mol. The fourth-order valence-electron chi connectivity index (χ4n) is 1.24. The van der Waals surface area contributed by atoms with Gasteiger partial charge < -0.3 is 10.1 Å². The maximum atomic E-state index is 12.0. The summed E-state index contributed by atoms with van der Waals surface area (Å²) in [4.78, 5) is 0. The zero-order valence-corrected chi connectivity index (χ0v) is 9.97. The smallest absolute Gasteiger partial charge is 0.406 e. The van der Waals surface area contributed by atoms with Crippen LogP contribution in [0.2, 0.25) is 0 Å². The van der Waals surface area contributed by atoms with E-state index in [0.29, 0.717) is 10.8 Å². The zero-order chi connectivity index (χ0) is 13.2. The van der Waals surface area contributed by atoms with Crippen LogP contribution in [0.4, 0.5) is 24.0 Å². The van der Waals surface area contributed by atoms with Gasteiger partial charge in [0.05, 0.1) is 0 Å². The molecule has 0 saturated carbocycles. The molecule has 0 fully saturated rings. The van der Waals surface area contributed by atoms with Gasteiger partial charge in [0.15, 0.2) is 0 Å². The first-order valence-corrected chi connectivity index (χ1v) is 5.67. The van der Waals surface area contributed by atoms with E-state index in [0.717, 1.165) is 5.01 Å². The highest BCUT2D eigenvalue weighted by molar-refractivity contribution is 7.15. The highest BCUT2D eigenvalue weighted by Gasteiger charge is 2.31. The number of nitrogens with zero attached hydrogens (tertiary/aromatic N) is 2. The molecule has 2 rings (SSSR count). The quantitative estimate of drug-likeness (QED) is 0.931. The first-order valence-electron chi connectivity index (χ1n) is 4.85. The lowest BCUT2D eigenvalue weighted by Crippen LogP contribution is -2.17. The van der Waals surface area contributed by atoms with Crippen LogP contribution in [0.15, 0.2) is 24.3 Å². The molecule has 1 heterocycles. The van der Waals surface area contributed by atoms with E-state index in [1.807, 2.05) is 0 Å². The maximum Gasteiger partial charge on any atom is 0.573 e. The lowest BCUT2D eigenvalue weighted by molar-refractivity contribution is -0.274.